The molecule has 0 radical (unpaired) electrons. The van der Waals surface area contributed by atoms with Crippen LogP contribution in [0.5, 0.6) is 0 Å². The summed E-state index contributed by atoms with van der Waals surface area (Å²) in [5.74, 6) is 0. The maximum Gasteiger partial charge on any atom is 0.0808 e. The number of rotatable bonds is 3. The van der Waals surface area contributed by atoms with Gasteiger partial charge in [-0.3, -0.25) is 4.98 Å². The minimum atomic E-state index is 0.693. The van der Waals surface area contributed by atoms with E-state index < -0.39 is 0 Å². The van der Waals surface area contributed by atoms with Crippen LogP contribution in [0.4, 0.5) is 5.69 Å². The molecule has 0 aliphatic heterocycles. The second kappa shape index (κ2) is 6.54. The molecule has 2 aromatic carbocycles. The number of halogens is 1. The van der Waals surface area contributed by atoms with Gasteiger partial charge in [-0.15, -0.1) is 0 Å². The standard InChI is InChI=1S/C21H16ClN3/c1-23-21-17-13-16(22)7-8-18(17)25-20(15-5-3-2-4-6-15)19(21)14-9-11-24-12-10-14/h2-13H,1H3,(H,23,25). The Morgan fingerprint density at radius 2 is 1.64 bits per heavy atom. The first kappa shape index (κ1) is 15.6. The quantitative estimate of drug-likeness (QED) is 0.520. The molecule has 4 aromatic rings. The van der Waals surface area contributed by atoms with Gasteiger partial charge in [0.25, 0.3) is 0 Å². The second-order valence-electron chi connectivity index (χ2n) is 5.72. The topological polar surface area (TPSA) is 37.8 Å². The summed E-state index contributed by atoms with van der Waals surface area (Å²) in [4.78, 5) is 9.10. The summed E-state index contributed by atoms with van der Waals surface area (Å²) in [6.07, 6.45) is 3.59. The van der Waals surface area contributed by atoms with E-state index in [9.17, 15) is 0 Å². The summed E-state index contributed by atoms with van der Waals surface area (Å²) in [5, 5.41) is 5.05. The molecule has 0 fully saturated rings. The number of anilines is 1. The van der Waals surface area contributed by atoms with Crippen molar-refractivity contribution in [1.82, 2.24) is 9.97 Å². The van der Waals surface area contributed by atoms with Crippen LogP contribution in [0.15, 0.2) is 73.1 Å². The van der Waals surface area contributed by atoms with E-state index in [0.29, 0.717) is 5.02 Å². The van der Waals surface area contributed by atoms with Crippen molar-refractivity contribution in [2.75, 3.05) is 12.4 Å². The van der Waals surface area contributed by atoms with E-state index in [1.807, 2.05) is 55.6 Å². The average molecular weight is 346 g/mol. The third kappa shape index (κ3) is 2.83. The predicted octanol–water partition coefficient (Wildman–Crippen LogP) is 5.66. The summed E-state index contributed by atoms with van der Waals surface area (Å²) in [6, 6.07) is 20.0. The number of fused-ring (bicyclic) bond motifs is 1. The lowest BCUT2D eigenvalue weighted by molar-refractivity contribution is 1.32. The molecule has 2 aromatic heterocycles. The van der Waals surface area contributed by atoms with Crippen molar-refractivity contribution in [3.05, 3.63) is 78.1 Å². The number of benzene rings is 2. The summed E-state index contributed by atoms with van der Waals surface area (Å²) in [5.41, 5.74) is 6.04. The van der Waals surface area contributed by atoms with Gasteiger partial charge in [0.1, 0.15) is 0 Å². The number of hydrogen-bond acceptors (Lipinski definition) is 3. The highest BCUT2D eigenvalue weighted by Gasteiger charge is 2.17. The summed E-state index contributed by atoms with van der Waals surface area (Å²) in [7, 11) is 1.93. The summed E-state index contributed by atoms with van der Waals surface area (Å²) < 4.78 is 0. The Balaban J connectivity index is 2.14. The molecule has 25 heavy (non-hydrogen) atoms. The lowest BCUT2D eigenvalue weighted by Gasteiger charge is -2.17. The molecule has 0 spiro atoms. The number of nitrogens with one attached hydrogen (secondary N) is 1. The largest absolute Gasteiger partial charge is 0.387 e. The molecule has 122 valence electrons. The number of aromatic nitrogens is 2. The smallest absolute Gasteiger partial charge is 0.0808 e. The van der Waals surface area contributed by atoms with Crippen molar-refractivity contribution in [3.8, 4) is 22.4 Å². The van der Waals surface area contributed by atoms with Gasteiger partial charge in [-0.2, -0.15) is 0 Å². The Morgan fingerprint density at radius 1 is 0.880 bits per heavy atom. The van der Waals surface area contributed by atoms with Crippen molar-refractivity contribution in [1.29, 1.82) is 0 Å². The highest BCUT2D eigenvalue weighted by molar-refractivity contribution is 6.31. The van der Waals surface area contributed by atoms with E-state index in [2.05, 4.69) is 22.4 Å². The fraction of sp³-hybridized carbons (Fsp3) is 0.0476. The van der Waals surface area contributed by atoms with Crippen LogP contribution in [-0.4, -0.2) is 17.0 Å². The van der Waals surface area contributed by atoms with Crippen LogP contribution in [0.3, 0.4) is 0 Å². The van der Waals surface area contributed by atoms with E-state index in [1.54, 1.807) is 12.4 Å². The van der Waals surface area contributed by atoms with E-state index >= 15 is 0 Å². The molecule has 0 saturated heterocycles. The van der Waals surface area contributed by atoms with Crippen molar-refractivity contribution < 1.29 is 0 Å². The Hall–Kier alpha value is -2.91. The fourth-order valence-corrected chi connectivity index (χ4v) is 3.27. The molecule has 3 nitrogen and oxygen atoms in total. The third-order valence-electron chi connectivity index (χ3n) is 4.21. The lowest BCUT2D eigenvalue weighted by atomic mass is 9.95. The molecule has 0 aliphatic carbocycles. The fourth-order valence-electron chi connectivity index (χ4n) is 3.10. The van der Waals surface area contributed by atoms with Gasteiger partial charge in [0.05, 0.1) is 16.9 Å². The van der Waals surface area contributed by atoms with E-state index in [4.69, 9.17) is 16.6 Å². The minimum Gasteiger partial charge on any atom is -0.387 e. The van der Waals surface area contributed by atoms with Gasteiger partial charge in [-0.05, 0) is 35.9 Å². The normalized spacial score (nSPS) is 10.8. The molecule has 0 saturated carbocycles. The van der Waals surface area contributed by atoms with Crippen LogP contribution >= 0.6 is 11.6 Å². The van der Waals surface area contributed by atoms with Crippen LogP contribution in [0.1, 0.15) is 0 Å². The molecule has 0 atom stereocenters. The maximum atomic E-state index is 6.24. The van der Waals surface area contributed by atoms with Crippen molar-refractivity contribution in [3.63, 3.8) is 0 Å². The Bertz CT molecular complexity index is 1030. The predicted molar refractivity (Wildman–Crippen MR) is 105 cm³/mol. The molecule has 0 amide bonds. The average Bonchev–Trinajstić information content (AvgIpc) is 2.68. The first-order valence-corrected chi connectivity index (χ1v) is 8.42. The molecule has 0 bridgehead atoms. The maximum absolute atomic E-state index is 6.24. The summed E-state index contributed by atoms with van der Waals surface area (Å²) in [6.45, 7) is 0. The zero-order chi connectivity index (χ0) is 17.2. The molecule has 1 N–H and O–H groups in total. The van der Waals surface area contributed by atoms with Gasteiger partial charge in [0.15, 0.2) is 0 Å². The molecule has 4 heteroatoms. The van der Waals surface area contributed by atoms with Crippen molar-refractivity contribution in [2.45, 2.75) is 0 Å². The van der Waals surface area contributed by atoms with E-state index in [-0.39, 0.29) is 0 Å². The first-order chi connectivity index (χ1) is 12.3. The molecule has 4 rings (SSSR count). The van der Waals surface area contributed by atoms with Crippen molar-refractivity contribution >= 4 is 28.2 Å². The molecule has 2 heterocycles. The SMILES string of the molecule is CNc1c(-c2ccncc2)c(-c2ccccc2)nc2ccc(Cl)cc12. The van der Waals surface area contributed by atoms with Crippen molar-refractivity contribution in [2.24, 2.45) is 0 Å². The van der Waals surface area contributed by atoms with Crippen LogP contribution in [-0.2, 0) is 0 Å². The van der Waals surface area contributed by atoms with Gasteiger partial charge in [0, 0.05) is 41.0 Å². The van der Waals surface area contributed by atoms with Gasteiger partial charge in [-0.25, -0.2) is 4.98 Å². The minimum absolute atomic E-state index is 0.693. The summed E-state index contributed by atoms with van der Waals surface area (Å²) >= 11 is 6.24. The number of nitrogens with zero attached hydrogens (tertiary/aromatic N) is 2. The zero-order valence-corrected chi connectivity index (χ0v) is 14.5. The Morgan fingerprint density at radius 3 is 2.36 bits per heavy atom. The molecule has 0 aliphatic rings. The van der Waals surface area contributed by atoms with Crippen LogP contribution in [0.25, 0.3) is 33.3 Å². The van der Waals surface area contributed by atoms with Gasteiger partial charge >= 0.3 is 0 Å². The molecule has 0 unspecified atom stereocenters. The zero-order valence-electron chi connectivity index (χ0n) is 13.7. The lowest BCUT2D eigenvalue weighted by Crippen LogP contribution is -1.99. The van der Waals surface area contributed by atoms with Crippen LogP contribution in [0, 0.1) is 0 Å². The molecular weight excluding hydrogens is 330 g/mol. The molecular formula is C21H16ClN3. The third-order valence-corrected chi connectivity index (χ3v) is 4.45. The van der Waals surface area contributed by atoms with Gasteiger partial charge < -0.3 is 5.32 Å². The van der Waals surface area contributed by atoms with Gasteiger partial charge in [0.2, 0.25) is 0 Å². The first-order valence-electron chi connectivity index (χ1n) is 8.05. The monoisotopic (exact) mass is 345 g/mol. The van der Waals surface area contributed by atoms with Crippen LogP contribution < -0.4 is 5.32 Å². The number of hydrogen-bond donors (Lipinski definition) is 1. The van der Waals surface area contributed by atoms with E-state index in [0.717, 1.165) is 39.0 Å². The number of pyridine rings is 2. The Kier molecular flexibility index (Phi) is 4.08. The highest BCUT2D eigenvalue weighted by Crippen LogP contribution is 2.41. The van der Waals surface area contributed by atoms with Crippen LogP contribution in [0.2, 0.25) is 5.02 Å². The highest BCUT2D eigenvalue weighted by atomic mass is 35.5. The van der Waals surface area contributed by atoms with Gasteiger partial charge in [-0.1, -0.05) is 41.9 Å². The Labute approximate surface area is 151 Å². The van der Waals surface area contributed by atoms with E-state index in [1.165, 1.54) is 0 Å². The second-order valence-corrected chi connectivity index (χ2v) is 6.16.